The van der Waals surface area contributed by atoms with E-state index in [1.807, 2.05) is 6.26 Å². The number of aliphatic hydroxyl groups is 3. The standard InChI is InChI=1S/C13H17N5O3S/c1-22-12-16-10(14)6-11(17-12)18(4-15-6)7-5-2-13(5,3-19)9(21)8(7)20/h4-5,7-9,19-21H,2-3H2,1H3,(H2,14,16,17)/t5?,7-,8+,9+,13+/m1/s1. The molecule has 0 saturated heterocycles. The SMILES string of the molecule is CSc1nc(N)c2ncn([C@@H]3C4C[C@@]4(CO)[C@@H](O)[C@H]3O)c2n1. The van der Waals surface area contributed by atoms with E-state index in [0.717, 1.165) is 0 Å². The Kier molecular flexibility index (Phi) is 2.93. The van der Waals surface area contributed by atoms with E-state index in [-0.39, 0.29) is 18.6 Å². The summed E-state index contributed by atoms with van der Waals surface area (Å²) in [4.78, 5) is 12.8. The van der Waals surface area contributed by atoms with Crippen molar-refractivity contribution in [1.29, 1.82) is 0 Å². The van der Waals surface area contributed by atoms with Crippen LogP contribution in [0.4, 0.5) is 5.82 Å². The number of aliphatic hydroxyl groups excluding tert-OH is 3. The molecular weight excluding hydrogens is 306 g/mol. The first-order chi connectivity index (χ1) is 10.5. The second-order valence-electron chi connectivity index (χ2n) is 6.05. The van der Waals surface area contributed by atoms with Crippen molar-refractivity contribution in [3.8, 4) is 0 Å². The van der Waals surface area contributed by atoms with Gasteiger partial charge in [-0.15, -0.1) is 0 Å². The molecule has 0 amide bonds. The molecule has 2 aliphatic rings. The molecule has 2 fully saturated rings. The van der Waals surface area contributed by atoms with Crippen LogP contribution in [-0.4, -0.2) is 59.9 Å². The Morgan fingerprint density at radius 1 is 1.45 bits per heavy atom. The van der Waals surface area contributed by atoms with Crippen LogP contribution >= 0.6 is 11.8 Å². The van der Waals surface area contributed by atoms with Crippen LogP contribution in [0.2, 0.25) is 0 Å². The van der Waals surface area contributed by atoms with Gasteiger partial charge in [0, 0.05) is 5.41 Å². The summed E-state index contributed by atoms with van der Waals surface area (Å²) in [6.07, 6.45) is 2.21. The molecule has 5 N–H and O–H groups in total. The van der Waals surface area contributed by atoms with Gasteiger partial charge in [0.2, 0.25) is 0 Å². The summed E-state index contributed by atoms with van der Waals surface area (Å²) in [6, 6.07) is -0.365. The fraction of sp³-hybridized carbons (Fsp3) is 0.615. The number of rotatable bonds is 3. The van der Waals surface area contributed by atoms with Crippen molar-refractivity contribution in [1.82, 2.24) is 19.5 Å². The van der Waals surface area contributed by atoms with Crippen molar-refractivity contribution in [2.75, 3.05) is 18.6 Å². The van der Waals surface area contributed by atoms with Crippen LogP contribution in [0.3, 0.4) is 0 Å². The van der Waals surface area contributed by atoms with E-state index in [4.69, 9.17) is 5.73 Å². The minimum atomic E-state index is -0.961. The third kappa shape index (κ3) is 1.62. The molecule has 2 saturated carbocycles. The molecule has 0 radical (unpaired) electrons. The molecule has 0 aliphatic heterocycles. The van der Waals surface area contributed by atoms with Gasteiger partial charge in [-0.25, -0.2) is 15.0 Å². The van der Waals surface area contributed by atoms with E-state index in [9.17, 15) is 15.3 Å². The molecule has 22 heavy (non-hydrogen) atoms. The molecule has 118 valence electrons. The highest BCUT2D eigenvalue weighted by molar-refractivity contribution is 7.98. The predicted octanol–water partition coefficient (Wildman–Crippen LogP) is -0.595. The number of imidazole rings is 1. The maximum atomic E-state index is 10.4. The second kappa shape index (κ2) is 4.54. The number of nitrogen functional groups attached to an aromatic ring is 1. The maximum Gasteiger partial charge on any atom is 0.191 e. The lowest BCUT2D eigenvalue weighted by atomic mass is 10.0. The predicted molar refractivity (Wildman–Crippen MR) is 80.2 cm³/mol. The molecule has 9 heteroatoms. The van der Waals surface area contributed by atoms with Gasteiger partial charge in [0.25, 0.3) is 0 Å². The van der Waals surface area contributed by atoms with E-state index < -0.39 is 17.6 Å². The van der Waals surface area contributed by atoms with E-state index in [1.54, 1.807) is 10.9 Å². The number of hydrogen-bond acceptors (Lipinski definition) is 8. The fourth-order valence-electron chi connectivity index (χ4n) is 3.78. The molecule has 1 unspecified atom stereocenters. The monoisotopic (exact) mass is 323 g/mol. The number of nitrogens with zero attached hydrogens (tertiary/aromatic N) is 4. The molecule has 5 atom stereocenters. The zero-order valence-corrected chi connectivity index (χ0v) is 12.7. The number of nitrogens with two attached hydrogens (primary N) is 1. The van der Waals surface area contributed by atoms with Crippen molar-refractivity contribution in [3.63, 3.8) is 0 Å². The number of hydrogen-bond donors (Lipinski definition) is 4. The normalized spacial score (nSPS) is 36.7. The average molecular weight is 323 g/mol. The van der Waals surface area contributed by atoms with Gasteiger partial charge in [0.15, 0.2) is 16.6 Å². The van der Waals surface area contributed by atoms with Gasteiger partial charge >= 0.3 is 0 Å². The lowest BCUT2D eigenvalue weighted by molar-refractivity contribution is -0.0300. The third-order valence-electron chi connectivity index (χ3n) is 5.08. The molecule has 2 heterocycles. The Bertz CT molecular complexity index is 753. The Hall–Kier alpha value is -1.42. The van der Waals surface area contributed by atoms with Gasteiger partial charge in [0.1, 0.15) is 11.6 Å². The van der Waals surface area contributed by atoms with Gasteiger partial charge in [-0.05, 0) is 18.6 Å². The van der Waals surface area contributed by atoms with Gasteiger partial charge < -0.3 is 25.6 Å². The van der Waals surface area contributed by atoms with Crippen molar-refractivity contribution in [2.24, 2.45) is 11.3 Å². The van der Waals surface area contributed by atoms with Gasteiger partial charge in [-0.3, -0.25) is 0 Å². The first-order valence-corrected chi connectivity index (χ1v) is 8.27. The smallest absolute Gasteiger partial charge is 0.191 e. The Labute approximate surface area is 130 Å². The van der Waals surface area contributed by atoms with E-state index in [1.165, 1.54) is 11.8 Å². The lowest BCUT2D eigenvalue weighted by Crippen LogP contribution is -2.35. The number of fused-ring (bicyclic) bond motifs is 2. The second-order valence-corrected chi connectivity index (χ2v) is 6.82. The quantitative estimate of drug-likeness (QED) is 0.435. The summed E-state index contributed by atoms with van der Waals surface area (Å²) < 4.78 is 1.76. The van der Waals surface area contributed by atoms with Crippen LogP contribution in [0.5, 0.6) is 0 Å². The minimum Gasteiger partial charge on any atom is -0.396 e. The van der Waals surface area contributed by atoms with Gasteiger partial charge in [-0.2, -0.15) is 0 Å². The molecule has 2 aliphatic carbocycles. The summed E-state index contributed by atoms with van der Waals surface area (Å²) in [7, 11) is 0. The highest BCUT2D eigenvalue weighted by Gasteiger charge is 2.71. The summed E-state index contributed by atoms with van der Waals surface area (Å²) in [5.41, 5.74) is 6.35. The Balaban J connectivity index is 1.84. The van der Waals surface area contributed by atoms with Crippen LogP contribution in [0.15, 0.2) is 11.5 Å². The van der Waals surface area contributed by atoms with Crippen LogP contribution in [-0.2, 0) is 0 Å². The van der Waals surface area contributed by atoms with Gasteiger partial charge in [0.05, 0.1) is 25.1 Å². The summed E-state index contributed by atoms with van der Waals surface area (Å²) in [6.45, 7) is -0.133. The van der Waals surface area contributed by atoms with Crippen LogP contribution < -0.4 is 5.73 Å². The molecule has 0 bridgehead atoms. The Morgan fingerprint density at radius 2 is 2.23 bits per heavy atom. The molecule has 0 aromatic carbocycles. The van der Waals surface area contributed by atoms with Crippen molar-refractivity contribution >= 4 is 28.7 Å². The zero-order valence-electron chi connectivity index (χ0n) is 11.9. The summed E-state index contributed by atoms with van der Waals surface area (Å²) >= 11 is 1.37. The number of anilines is 1. The van der Waals surface area contributed by atoms with Crippen LogP contribution in [0, 0.1) is 11.3 Å². The highest BCUT2D eigenvalue weighted by Crippen LogP contribution is 2.67. The molecule has 2 aromatic rings. The van der Waals surface area contributed by atoms with Crippen molar-refractivity contribution < 1.29 is 15.3 Å². The van der Waals surface area contributed by atoms with E-state index >= 15 is 0 Å². The average Bonchev–Trinajstić information content (AvgIpc) is 3.03. The first kappa shape index (κ1) is 14.2. The summed E-state index contributed by atoms with van der Waals surface area (Å²) in [5, 5.41) is 30.7. The lowest BCUT2D eigenvalue weighted by Gasteiger charge is -2.23. The van der Waals surface area contributed by atoms with Crippen LogP contribution in [0.1, 0.15) is 12.5 Å². The van der Waals surface area contributed by atoms with E-state index in [2.05, 4.69) is 15.0 Å². The zero-order chi connectivity index (χ0) is 15.6. The summed E-state index contributed by atoms with van der Waals surface area (Å²) in [5.74, 6) is 0.305. The minimum absolute atomic E-state index is 0.00817. The molecule has 2 aromatic heterocycles. The maximum absolute atomic E-state index is 10.4. The van der Waals surface area contributed by atoms with Crippen molar-refractivity contribution in [2.45, 2.75) is 29.8 Å². The van der Waals surface area contributed by atoms with Crippen LogP contribution in [0.25, 0.3) is 11.2 Å². The third-order valence-corrected chi connectivity index (χ3v) is 5.63. The Morgan fingerprint density at radius 3 is 2.86 bits per heavy atom. The largest absolute Gasteiger partial charge is 0.396 e. The highest BCUT2D eigenvalue weighted by atomic mass is 32.2. The topological polar surface area (TPSA) is 130 Å². The first-order valence-electron chi connectivity index (χ1n) is 7.04. The van der Waals surface area contributed by atoms with E-state index in [0.29, 0.717) is 28.6 Å². The molecule has 8 nitrogen and oxygen atoms in total. The number of aromatic nitrogens is 4. The fourth-order valence-corrected chi connectivity index (χ4v) is 4.14. The molecule has 4 rings (SSSR count). The molecular formula is C13H17N5O3S. The molecule has 0 spiro atoms. The van der Waals surface area contributed by atoms with Gasteiger partial charge in [-0.1, -0.05) is 11.8 Å². The number of thioether (sulfide) groups is 1. The van der Waals surface area contributed by atoms with Crippen molar-refractivity contribution in [3.05, 3.63) is 6.33 Å².